The smallest absolute Gasteiger partial charge is 0.421 e. The fourth-order valence-electron chi connectivity index (χ4n) is 3.55. The van der Waals surface area contributed by atoms with Gasteiger partial charge in [0.15, 0.2) is 0 Å². The van der Waals surface area contributed by atoms with E-state index in [-0.39, 0.29) is 12.1 Å². The van der Waals surface area contributed by atoms with Gasteiger partial charge < -0.3 is 20.1 Å². The normalized spacial score (nSPS) is 11.6. The number of fused-ring (bicyclic) bond motifs is 1. The third-order valence-electron chi connectivity index (χ3n) is 5.26. The number of methoxy groups -OCH3 is 1. The van der Waals surface area contributed by atoms with E-state index < -0.39 is 29.1 Å². The van der Waals surface area contributed by atoms with Gasteiger partial charge in [0.1, 0.15) is 16.8 Å². The van der Waals surface area contributed by atoms with Crippen LogP contribution in [0.3, 0.4) is 0 Å². The number of carbonyl (C=O) groups excluding carboxylic acids is 1. The Hall–Kier alpha value is -4.36. The molecule has 0 bridgehead atoms. The van der Waals surface area contributed by atoms with Crippen LogP contribution in [0.5, 0.6) is 5.88 Å². The first-order chi connectivity index (χ1) is 17.4. The van der Waals surface area contributed by atoms with Crippen molar-refractivity contribution < 1.29 is 27.8 Å². The highest BCUT2D eigenvalue weighted by molar-refractivity contribution is 5.92. The average molecular weight is 509 g/mol. The summed E-state index contributed by atoms with van der Waals surface area (Å²) in [4.78, 5) is 23.6. The lowest BCUT2D eigenvalue weighted by Crippen LogP contribution is -2.16. The first-order valence-electron chi connectivity index (χ1n) is 11.2. The van der Waals surface area contributed by atoms with Gasteiger partial charge in [-0.3, -0.25) is 4.79 Å². The molecule has 0 aliphatic rings. The summed E-state index contributed by atoms with van der Waals surface area (Å²) >= 11 is 0. The number of nitrogens with zero attached hydrogens (tertiary/aromatic N) is 2. The lowest BCUT2D eigenvalue weighted by Gasteiger charge is -2.13. The van der Waals surface area contributed by atoms with Crippen molar-refractivity contribution in [3.8, 4) is 28.8 Å². The van der Waals surface area contributed by atoms with E-state index >= 15 is 0 Å². The standard InChI is InChI=1S/C27H23F3N4O3/c1-26(2,36)9-8-20-12-18-11-19(14-31-24(18)34-20)17-6-4-16(5-7-17)10-23(35)33-21-13-22(27(28,29)30)25(37-3)32-15-21/h4-7,11-15,36H,10H2,1-3H3,(H,31,34)(H,33,35). The van der Waals surface area contributed by atoms with Crippen LogP contribution in [0.1, 0.15) is 30.7 Å². The van der Waals surface area contributed by atoms with Crippen LogP contribution in [0.15, 0.2) is 54.9 Å². The highest BCUT2D eigenvalue weighted by Crippen LogP contribution is 2.36. The average Bonchev–Trinajstić information content (AvgIpc) is 3.24. The van der Waals surface area contributed by atoms with Crippen molar-refractivity contribution in [2.75, 3.05) is 12.4 Å². The summed E-state index contributed by atoms with van der Waals surface area (Å²) < 4.78 is 44.2. The zero-order valence-corrected chi connectivity index (χ0v) is 20.2. The van der Waals surface area contributed by atoms with Crippen molar-refractivity contribution in [3.05, 3.63) is 71.7 Å². The van der Waals surface area contributed by atoms with Gasteiger partial charge in [0.25, 0.3) is 0 Å². The number of anilines is 1. The molecule has 4 aromatic rings. The molecule has 0 atom stereocenters. The Labute approximate surface area is 210 Å². The minimum absolute atomic E-state index is 0.0357. The molecule has 0 aliphatic heterocycles. The molecule has 0 saturated heterocycles. The molecule has 190 valence electrons. The molecule has 3 N–H and O–H groups in total. The molecule has 7 nitrogen and oxygen atoms in total. The van der Waals surface area contributed by atoms with Crippen LogP contribution < -0.4 is 10.1 Å². The number of aliphatic hydroxyl groups is 1. The molecular weight excluding hydrogens is 485 g/mol. The van der Waals surface area contributed by atoms with Crippen molar-refractivity contribution in [3.63, 3.8) is 0 Å². The van der Waals surface area contributed by atoms with Gasteiger partial charge in [-0.2, -0.15) is 13.2 Å². The lowest BCUT2D eigenvalue weighted by atomic mass is 10.0. The lowest BCUT2D eigenvalue weighted by molar-refractivity contribution is -0.139. The number of alkyl halides is 3. The maximum absolute atomic E-state index is 13.2. The number of H-pyrrole nitrogens is 1. The molecule has 0 unspecified atom stereocenters. The van der Waals surface area contributed by atoms with Gasteiger partial charge in [-0.25, -0.2) is 9.97 Å². The topological polar surface area (TPSA) is 100 Å². The van der Waals surface area contributed by atoms with Crippen LogP contribution in [0, 0.1) is 11.8 Å². The van der Waals surface area contributed by atoms with E-state index in [4.69, 9.17) is 0 Å². The number of benzene rings is 1. The number of amides is 1. The molecule has 0 spiro atoms. The van der Waals surface area contributed by atoms with Gasteiger partial charge in [0, 0.05) is 17.1 Å². The van der Waals surface area contributed by atoms with Crippen LogP contribution in [0.4, 0.5) is 18.9 Å². The zero-order chi connectivity index (χ0) is 26.8. The van der Waals surface area contributed by atoms with E-state index in [0.717, 1.165) is 35.9 Å². The SMILES string of the molecule is COc1ncc(NC(=O)Cc2ccc(-c3cnc4[nH]c(C#CC(C)(C)O)cc4c3)cc2)cc1C(F)(F)F. The van der Waals surface area contributed by atoms with Crippen molar-refractivity contribution in [1.82, 2.24) is 15.0 Å². The number of ether oxygens (including phenoxy) is 1. The van der Waals surface area contributed by atoms with Crippen LogP contribution in [0.2, 0.25) is 0 Å². The largest absolute Gasteiger partial charge is 0.481 e. The second-order valence-corrected chi connectivity index (χ2v) is 8.85. The number of rotatable bonds is 5. The quantitative estimate of drug-likeness (QED) is 0.331. The molecule has 0 fully saturated rings. The highest BCUT2D eigenvalue weighted by Gasteiger charge is 2.35. The summed E-state index contributed by atoms with van der Waals surface area (Å²) in [6.07, 6.45) is -1.88. The Kier molecular flexibility index (Phi) is 6.92. The third-order valence-corrected chi connectivity index (χ3v) is 5.26. The first-order valence-corrected chi connectivity index (χ1v) is 11.2. The van der Waals surface area contributed by atoms with Crippen molar-refractivity contribution in [1.29, 1.82) is 0 Å². The van der Waals surface area contributed by atoms with E-state index in [1.165, 1.54) is 0 Å². The molecule has 1 amide bonds. The number of carbonyl (C=O) groups is 1. The van der Waals surface area contributed by atoms with Gasteiger partial charge in [-0.1, -0.05) is 30.2 Å². The molecule has 0 radical (unpaired) electrons. The molecule has 1 aromatic carbocycles. The number of aromatic amines is 1. The second-order valence-electron chi connectivity index (χ2n) is 8.85. The molecule has 10 heteroatoms. The summed E-state index contributed by atoms with van der Waals surface area (Å²) in [5.41, 5.74) is 1.46. The predicted octanol–water partition coefficient (Wildman–Crippen LogP) is 4.96. The molecule has 4 rings (SSSR count). The molecule has 37 heavy (non-hydrogen) atoms. The fourth-order valence-corrected chi connectivity index (χ4v) is 3.55. The van der Waals surface area contributed by atoms with Crippen LogP contribution in [-0.2, 0) is 17.4 Å². The minimum atomic E-state index is -4.67. The Morgan fingerprint density at radius 3 is 2.46 bits per heavy atom. The maximum atomic E-state index is 13.2. The summed E-state index contributed by atoms with van der Waals surface area (Å²) in [5.74, 6) is 4.60. The van der Waals surface area contributed by atoms with E-state index in [1.54, 1.807) is 32.2 Å². The van der Waals surface area contributed by atoms with Crippen LogP contribution in [0.25, 0.3) is 22.2 Å². The van der Waals surface area contributed by atoms with E-state index in [2.05, 4.69) is 36.8 Å². The maximum Gasteiger partial charge on any atom is 0.421 e. The highest BCUT2D eigenvalue weighted by atomic mass is 19.4. The van der Waals surface area contributed by atoms with E-state index in [9.17, 15) is 23.1 Å². The number of hydrogen-bond donors (Lipinski definition) is 3. The molecular formula is C27H23F3N4O3. The third kappa shape index (κ3) is 6.45. The van der Waals surface area contributed by atoms with Crippen molar-refractivity contribution in [2.24, 2.45) is 0 Å². The Bertz CT molecular complexity index is 1510. The van der Waals surface area contributed by atoms with E-state index in [1.807, 2.05) is 24.3 Å². The first kappa shape index (κ1) is 25.7. The number of nitrogens with one attached hydrogen (secondary N) is 2. The van der Waals surface area contributed by atoms with Gasteiger partial charge in [-0.15, -0.1) is 0 Å². The number of aromatic nitrogens is 3. The number of hydrogen-bond acceptors (Lipinski definition) is 5. The summed E-state index contributed by atoms with van der Waals surface area (Å²) in [6, 6.07) is 11.8. The molecule has 3 aromatic heterocycles. The second kappa shape index (κ2) is 9.95. The summed E-state index contributed by atoms with van der Waals surface area (Å²) in [5, 5.41) is 13.1. The predicted molar refractivity (Wildman–Crippen MR) is 133 cm³/mol. The fraction of sp³-hybridized carbons (Fsp3) is 0.222. The molecule has 0 saturated carbocycles. The number of halogens is 3. The Morgan fingerprint density at radius 2 is 1.81 bits per heavy atom. The van der Waals surface area contributed by atoms with Crippen molar-refractivity contribution >= 4 is 22.6 Å². The zero-order valence-electron chi connectivity index (χ0n) is 20.2. The minimum Gasteiger partial charge on any atom is -0.481 e. The van der Waals surface area contributed by atoms with Gasteiger partial charge in [0.2, 0.25) is 11.8 Å². The van der Waals surface area contributed by atoms with Crippen molar-refractivity contribution in [2.45, 2.75) is 32.0 Å². The number of pyridine rings is 2. The van der Waals surface area contributed by atoms with Gasteiger partial charge in [-0.05, 0) is 49.1 Å². The molecule has 0 aliphatic carbocycles. The van der Waals surface area contributed by atoms with Gasteiger partial charge >= 0.3 is 6.18 Å². The monoisotopic (exact) mass is 508 g/mol. The van der Waals surface area contributed by atoms with Gasteiger partial charge in [0.05, 0.1) is 31.1 Å². The van der Waals surface area contributed by atoms with E-state index in [0.29, 0.717) is 16.9 Å². The summed E-state index contributed by atoms with van der Waals surface area (Å²) in [7, 11) is 1.09. The Balaban J connectivity index is 1.45. The molecule has 3 heterocycles. The Morgan fingerprint density at radius 1 is 1.08 bits per heavy atom. The summed E-state index contributed by atoms with van der Waals surface area (Å²) in [6.45, 7) is 3.21. The van der Waals surface area contributed by atoms with Crippen LogP contribution >= 0.6 is 0 Å². The van der Waals surface area contributed by atoms with Crippen LogP contribution in [-0.4, -0.2) is 38.7 Å².